The van der Waals surface area contributed by atoms with Crippen molar-refractivity contribution in [3.63, 3.8) is 0 Å². The molecule has 0 saturated carbocycles. The predicted molar refractivity (Wildman–Crippen MR) is 119 cm³/mol. The minimum absolute atomic E-state index is 0.101. The van der Waals surface area contributed by atoms with E-state index in [1.54, 1.807) is 0 Å². The van der Waals surface area contributed by atoms with Crippen LogP contribution in [0.4, 0.5) is 0 Å². The molecule has 26 heavy (non-hydrogen) atoms. The Balaban J connectivity index is 3.20. The first kappa shape index (κ1) is 24.7. The summed E-state index contributed by atoms with van der Waals surface area (Å²) in [5, 5.41) is 0. The Labute approximate surface area is 165 Å². The van der Waals surface area contributed by atoms with Gasteiger partial charge in [0.1, 0.15) is 12.2 Å². The van der Waals surface area contributed by atoms with Crippen LogP contribution in [-0.4, -0.2) is 64.5 Å². The molecule has 0 amide bonds. The highest BCUT2D eigenvalue weighted by Crippen LogP contribution is 2.31. The fourth-order valence-electron chi connectivity index (χ4n) is 2.83. The molecule has 0 aromatic rings. The van der Waals surface area contributed by atoms with Crippen molar-refractivity contribution in [2.24, 2.45) is 0 Å². The zero-order valence-electron chi connectivity index (χ0n) is 19.1. The van der Waals surface area contributed by atoms with Gasteiger partial charge >= 0.3 is 0 Å². The lowest BCUT2D eigenvalue weighted by Crippen LogP contribution is -2.63. The van der Waals surface area contributed by atoms with Gasteiger partial charge in [0.2, 0.25) is 0 Å². The molecule has 1 unspecified atom stereocenters. The molecule has 1 fully saturated rings. The quantitative estimate of drug-likeness (QED) is 0.507. The van der Waals surface area contributed by atoms with Crippen molar-refractivity contribution < 1.29 is 22.4 Å². The van der Waals surface area contributed by atoms with Gasteiger partial charge in [-0.15, -0.1) is 0 Å². The molecule has 4 atom stereocenters. The molecule has 1 heterocycles. The lowest BCUT2D eigenvalue weighted by atomic mass is 10.1. The minimum Gasteiger partial charge on any atom is -0.410 e. The molecule has 9 heteroatoms. The Morgan fingerprint density at radius 2 is 0.923 bits per heavy atom. The summed E-state index contributed by atoms with van der Waals surface area (Å²) in [7, 11) is -7.14. The van der Waals surface area contributed by atoms with Crippen LogP contribution in [0.25, 0.3) is 0 Å². The molecule has 0 aromatic carbocycles. The monoisotopic (exact) mass is 438 g/mol. The van der Waals surface area contributed by atoms with Crippen LogP contribution in [-0.2, 0) is 22.4 Å². The normalized spacial score (nSPS) is 29.1. The minimum atomic E-state index is -1.82. The van der Waals surface area contributed by atoms with Gasteiger partial charge in [0.25, 0.3) is 0 Å². The van der Waals surface area contributed by atoms with Crippen molar-refractivity contribution in [2.45, 2.75) is 103 Å². The second-order valence-corrected chi connectivity index (χ2v) is 28.9. The van der Waals surface area contributed by atoms with E-state index in [1.165, 1.54) is 0 Å². The summed E-state index contributed by atoms with van der Waals surface area (Å²) in [5.74, 6) is 0. The molecule has 1 aliphatic heterocycles. The summed E-state index contributed by atoms with van der Waals surface area (Å²) >= 11 is 0. The van der Waals surface area contributed by atoms with Gasteiger partial charge in [0.05, 0.1) is 12.7 Å². The van der Waals surface area contributed by atoms with E-state index in [1.807, 2.05) is 0 Å². The van der Waals surface area contributed by atoms with Crippen molar-refractivity contribution >= 4 is 33.3 Å². The molecule has 0 aliphatic carbocycles. The average Bonchev–Trinajstić information content (AvgIpc) is 2.30. The van der Waals surface area contributed by atoms with E-state index in [4.69, 9.17) is 22.4 Å². The molecule has 0 N–H and O–H groups in total. The first-order chi connectivity index (χ1) is 11.4. The van der Waals surface area contributed by atoms with Gasteiger partial charge in [-0.25, -0.2) is 0 Å². The van der Waals surface area contributed by atoms with Crippen molar-refractivity contribution in [3.05, 3.63) is 0 Å². The summed E-state index contributed by atoms with van der Waals surface area (Å²) < 4.78 is 32.2. The van der Waals surface area contributed by atoms with E-state index in [2.05, 4.69) is 78.6 Å². The molecule has 0 aromatic heterocycles. The fraction of sp³-hybridized carbons (Fsp3) is 1.00. The van der Waals surface area contributed by atoms with Crippen LogP contribution in [0.3, 0.4) is 0 Å². The molecular weight excluding hydrogens is 397 g/mol. The third-order valence-corrected chi connectivity index (χ3v) is 7.24. The van der Waals surface area contributed by atoms with E-state index in [0.29, 0.717) is 6.61 Å². The van der Waals surface area contributed by atoms with Crippen LogP contribution < -0.4 is 0 Å². The Morgan fingerprint density at radius 1 is 0.538 bits per heavy atom. The van der Waals surface area contributed by atoms with E-state index < -0.39 is 33.3 Å². The van der Waals surface area contributed by atoms with Crippen LogP contribution >= 0.6 is 0 Å². The van der Waals surface area contributed by atoms with Gasteiger partial charge in [0, 0.05) is 0 Å². The van der Waals surface area contributed by atoms with Crippen LogP contribution in [0.5, 0.6) is 0 Å². The van der Waals surface area contributed by atoms with E-state index in [-0.39, 0.29) is 24.6 Å². The summed E-state index contributed by atoms with van der Waals surface area (Å²) in [4.78, 5) is 0. The third kappa shape index (κ3) is 9.74. The van der Waals surface area contributed by atoms with Crippen molar-refractivity contribution in [1.82, 2.24) is 0 Å². The Morgan fingerprint density at radius 3 is 1.31 bits per heavy atom. The largest absolute Gasteiger partial charge is 0.410 e. The molecular formula is C17H42O5Si4. The van der Waals surface area contributed by atoms with Crippen LogP contribution in [0, 0.1) is 0 Å². The predicted octanol–water partition coefficient (Wildman–Crippen LogP) is 4.85. The fourth-order valence-corrected chi connectivity index (χ4v) is 7.01. The average molecular weight is 439 g/mol. The zero-order chi connectivity index (χ0) is 20.6. The lowest BCUT2D eigenvalue weighted by Gasteiger charge is -2.48. The standard InChI is InChI=1S/C17H42O5Si4/c1-23(2,3)19-14-13-18-17(22-26(10,11)12)16(21-25(7,8)9)15(14)20-24(4,5)6/h14-17H,13H2,1-12H3/t14-,15+,16+,17?/m1/s1. The number of hydrogen-bond donors (Lipinski definition) is 0. The third-order valence-electron chi connectivity index (χ3n) is 3.34. The molecule has 0 radical (unpaired) electrons. The smallest absolute Gasteiger partial charge is 0.187 e. The second-order valence-electron chi connectivity index (χ2n) is 11.1. The van der Waals surface area contributed by atoms with Gasteiger partial charge in [-0.3, -0.25) is 0 Å². The maximum Gasteiger partial charge on any atom is 0.187 e. The van der Waals surface area contributed by atoms with E-state index in [9.17, 15) is 0 Å². The second kappa shape index (κ2) is 8.58. The maximum atomic E-state index is 6.63. The first-order valence-corrected chi connectivity index (χ1v) is 23.3. The molecule has 0 bridgehead atoms. The number of ether oxygens (including phenoxy) is 1. The molecule has 1 aliphatic rings. The molecule has 5 nitrogen and oxygen atoms in total. The van der Waals surface area contributed by atoms with Crippen molar-refractivity contribution in [3.8, 4) is 0 Å². The highest BCUT2D eigenvalue weighted by atomic mass is 28.4. The van der Waals surface area contributed by atoms with E-state index >= 15 is 0 Å². The first-order valence-electron chi connectivity index (χ1n) is 9.69. The Hall–Kier alpha value is 0.668. The van der Waals surface area contributed by atoms with Gasteiger partial charge < -0.3 is 22.4 Å². The molecule has 1 saturated heterocycles. The zero-order valence-corrected chi connectivity index (χ0v) is 23.1. The number of hydrogen-bond acceptors (Lipinski definition) is 5. The van der Waals surface area contributed by atoms with Crippen molar-refractivity contribution in [1.29, 1.82) is 0 Å². The Bertz CT molecular complexity index is 406. The summed E-state index contributed by atoms with van der Waals surface area (Å²) in [6, 6.07) is 0. The summed E-state index contributed by atoms with van der Waals surface area (Å²) in [5.41, 5.74) is 0. The highest BCUT2D eigenvalue weighted by Gasteiger charge is 2.48. The summed E-state index contributed by atoms with van der Waals surface area (Å²) in [6.45, 7) is 26.9. The molecule has 0 spiro atoms. The SMILES string of the molecule is C[Si](C)(C)OC1OC[C@@H](O[Si](C)(C)C)[C@H](O[Si](C)(C)C)[C@@H]1O[Si](C)(C)C. The van der Waals surface area contributed by atoms with Gasteiger partial charge in [-0.05, 0) is 78.6 Å². The van der Waals surface area contributed by atoms with Crippen LogP contribution in [0.1, 0.15) is 0 Å². The molecule has 156 valence electrons. The lowest BCUT2D eigenvalue weighted by molar-refractivity contribution is -0.232. The van der Waals surface area contributed by atoms with E-state index in [0.717, 1.165) is 0 Å². The summed E-state index contributed by atoms with van der Waals surface area (Å²) in [6.07, 6.45) is -0.863. The Kier molecular flexibility index (Phi) is 8.15. The number of rotatable bonds is 8. The van der Waals surface area contributed by atoms with Crippen LogP contribution in [0.2, 0.25) is 78.6 Å². The topological polar surface area (TPSA) is 46.2 Å². The van der Waals surface area contributed by atoms with Crippen LogP contribution in [0.15, 0.2) is 0 Å². The van der Waals surface area contributed by atoms with Gasteiger partial charge in [-0.1, -0.05) is 0 Å². The van der Waals surface area contributed by atoms with Gasteiger partial charge in [0.15, 0.2) is 39.6 Å². The molecule has 1 rings (SSSR count). The highest BCUT2D eigenvalue weighted by molar-refractivity contribution is 6.71. The van der Waals surface area contributed by atoms with Gasteiger partial charge in [-0.2, -0.15) is 0 Å². The van der Waals surface area contributed by atoms with Crippen molar-refractivity contribution in [2.75, 3.05) is 6.61 Å². The maximum absolute atomic E-state index is 6.63.